The van der Waals surface area contributed by atoms with Crippen molar-refractivity contribution in [2.24, 2.45) is 0 Å². The predicted molar refractivity (Wildman–Crippen MR) is 73.7 cm³/mol. The monoisotopic (exact) mass is 240 g/mol. The molecule has 0 saturated carbocycles. The maximum atomic E-state index is 4.02. The Kier molecular flexibility index (Phi) is 5.38. The van der Waals surface area contributed by atoms with Gasteiger partial charge in [0.1, 0.15) is 0 Å². The fourth-order valence-electron chi connectivity index (χ4n) is 1.24. The van der Waals surface area contributed by atoms with Gasteiger partial charge in [-0.3, -0.25) is 19.9 Å². The van der Waals surface area contributed by atoms with Crippen LogP contribution in [0.3, 0.4) is 0 Å². The number of hydrogen-bond donors (Lipinski definition) is 0. The van der Waals surface area contributed by atoms with Crippen molar-refractivity contribution in [3.05, 3.63) is 60.7 Å². The van der Waals surface area contributed by atoms with E-state index >= 15 is 0 Å². The SMILES string of the molecule is C=Cc1nccnc1C.C=Cc1nccnc1C. The van der Waals surface area contributed by atoms with E-state index in [0.29, 0.717) is 0 Å². The second kappa shape index (κ2) is 7.06. The summed E-state index contributed by atoms with van der Waals surface area (Å²) in [5, 5.41) is 0. The lowest BCUT2D eigenvalue weighted by Crippen LogP contribution is -1.87. The second-order valence-corrected chi connectivity index (χ2v) is 3.46. The molecule has 0 amide bonds. The Morgan fingerprint density at radius 1 is 0.722 bits per heavy atom. The van der Waals surface area contributed by atoms with Gasteiger partial charge in [-0.2, -0.15) is 0 Å². The molecule has 0 unspecified atom stereocenters. The van der Waals surface area contributed by atoms with E-state index in [9.17, 15) is 0 Å². The van der Waals surface area contributed by atoms with E-state index in [1.165, 1.54) is 0 Å². The Hall–Kier alpha value is -2.36. The van der Waals surface area contributed by atoms with Crippen molar-refractivity contribution in [3.63, 3.8) is 0 Å². The first-order valence-corrected chi connectivity index (χ1v) is 5.49. The lowest BCUT2D eigenvalue weighted by atomic mass is 10.3. The average molecular weight is 240 g/mol. The van der Waals surface area contributed by atoms with Crippen molar-refractivity contribution in [2.45, 2.75) is 13.8 Å². The summed E-state index contributed by atoms with van der Waals surface area (Å²) in [5.74, 6) is 0. The molecule has 2 aromatic rings. The molecule has 2 heterocycles. The first kappa shape index (κ1) is 13.7. The van der Waals surface area contributed by atoms with Crippen LogP contribution < -0.4 is 0 Å². The molecule has 0 aliphatic carbocycles. The zero-order valence-electron chi connectivity index (χ0n) is 10.7. The summed E-state index contributed by atoms with van der Waals surface area (Å²) in [5.41, 5.74) is 3.56. The molecule has 0 spiro atoms. The first-order valence-electron chi connectivity index (χ1n) is 5.49. The third-order valence-electron chi connectivity index (χ3n) is 2.23. The van der Waals surface area contributed by atoms with E-state index in [0.717, 1.165) is 22.8 Å². The van der Waals surface area contributed by atoms with Crippen LogP contribution in [-0.4, -0.2) is 19.9 Å². The Bertz CT molecular complexity index is 485. The van der Waals surface area contributed by atoms with E-state index in [1.54, 1.807) is 36.9 Å². The van der Waals surface area contributed by atoms with E-state index in [2.05, 4.69) is 33.1 Å². The van der Waals surface area contributed by atoms with Gasteiger partial charge in [0.2, 0.25) is 0 Å². The average Bonchev–Trinajstić information content (AvgIpc) is 2.41. The van der Waals surface area contributed by atoms with E-state index in [4.69, 9.17) is 0 Å². The quantitative estimate of drug-likeness (QED) is 0.810. The number of nitrogens with zero attached hydrogens (tertiary/aromatic N) is 4. The van der Waals surface area contributed by atoms with Gasteiger partial charge in [-0.05, 0) is 26.0 Å². The minimum Gasteiger partial charge on any atom is -0.258 e. The minimum absolute atomic E-state index is 0.859. The highest BCUT2D eigenvalue weighted by molar-refractivity contribution is 5.43. The Morgan fingerprint density at radius 3 is 1.28 bits per heavy atom. The maximum Gasteiger partial charge on any atom is 0.0836 e. The van der Waals surface area contributed by atoms with Crippen LogP contribution in [0.4, 0.5) is 0 Å². The van der Waals surface area contributed by atoms with Crippen molar-refractivity contribution < 1.29 is 0 Å². The molecule has 0 atom stereocenters. The maximum absolute atomic E-state index is 4.02. The fourth-order valence-corrected chi connectivity index (χ4v) is 1.24. The van der Waals surface area contributed by atoms with Crippen LogP contribution in [0, 0.1) is 13.8 Å². The molecule has 0 fully saturated rings. The predicted octanol–water partition coefficient (Wildman–Crippen LogP) is 2.86. The molecule has 0 bridgehead atoms. The van der Waals surface area contributed by atoms with Gasteiger partial charge >= 0.3 is 0 Å². The van der Waals surface area contributed by atoms with Gasteiger partial charge in [0, 0.05) is 24.8 Å². The van der Waals surface area contributed by atoms with Crippen LogP contribution >= 0.6 is 0 Å². The van der Waals surface area contributed by atoms with Crippen molar-refractivity contribution in [2.75, 3.05) is 0 Å². The van der Waals surface area contributed by atoms with Crippen LogP contribution in [0.25, 0.3) is 12.2 Å². The molecule has 0 aromatic carbocycles. The zero-order valence-corrected chi connectivity index (χ0v) is 10.7. The van der Waals surface area contributed by atoms with Crippen LogP contribution in [-0.2, 0) is 0 Å². The van der Waals surface area contributed by atoms with Gasteiger partial charge in [0.25, 0.3) is 0 Å². The van der Waals surface area contributed by atoms with Crippen molar-refractivity contribution in [1.82, 2.24) is 19.9 Å². The summed E-state index contributed by atoms with van der Waals surface area (Å²) < 4.78 is 0. The summed E-state index contributed by atoms with van der Waals surface area (Å²) in [6, 6.07) is 0. The van der Waals surface area contributed by atoms with Gasteiger partial charge in [-0.15, -0.1) is 0 Å². The Morgan fingerprint density at radius 2 is 1.06 bits per heavy atom. The Balaban J connectivity index is 0.000000180. The summed E-state index contributed by atoms with van der Waals surface area (Å²) >= 11 is 0. The highest BCUT2D eigenvalue weighted by Crippen LogP contribution is 1.99. The number of hydrogen-bond acceptors (Lipinski definition) is 4. The normalized spacial score (nSPS) is 9.00. The van der Waals surface area contributed by atoms with Crippen LogP contribution in [0.15, 0.2) is 37.9 Å². The second-order valence-electron chi connectivity index (χ2n) is 3.46. The Labute approximate surface area is 107 Å². The summed E-state index contributed by atoms with van der Waals surface area (Å²) in [7, 11) is 0. The molecular formula is C14H16N4. The zero-order chi connectivity index (χ0) is 13.4. The molecular weight excluding hydrogens is 224 g/mol. The molecule has 2 aromatic heterocycles. The van der Waals surface area contributed by atoms with Crippen LogP contribution in [0.2, 0.25) is 0 Å². The lowest BCUT2D eigenvalue weighted by Gasteiger charge is -1.93. The lowest BCUT2D eigenvalue weighted by molar-refractivity contribution is 1.10. The molecule has 4 heteroatoms. The van der Waals surface area contributed by atoms with Crippen molar-refractivity contribution in [3.8, 4) is 0 Å². The summed E-state index contributed by atoms with van der Waals surface area (Å²) in [4.78, 5) is 16.1. The summed E-state index contributed by atoms with van der Waals surface area (Å²) in [6.45, 7) is 11.0. The molecule has 4 nitrogen and oxygen atoms in total. The highest BCUT2D eigenvalue weighted by atomic mass is 14.8. The fraction of sp³-hybridized carbons (Fsp3) is 0.143. The molecule has 0 N–H and O–H groups in total. The third-order valence-corrected chi connectivity index (χ3v) is 2.23. The molecule has 0 radical (unpaired) electrons. The number of rotatable bonds is 2. The minimum atomic E-state index is 0.859. The van der Waals surface area contributed by atoms with Gasteiger partial charge in [0.05, 0.1) is 22.8 Å². The van der Waals surface area contributed by atoms with Gasteiger partial charge < -0.3 is 0 Å². The molecule has 0 aliphatic rings. The highest BCUT2D eigenvalue weighted by Gasteiger charge is 1.91. The van der Waals surface area contributed by atoms with Gasteiger partial charge in [-0.25, -0.2) is 0 Å². The van der Waals surface area contributed by atoms with Crippen molar-refractivity contribution in [1.29, 1.82) is 0 Å². The number of aryl methyl sites for hydroxylation is 2. The van der Waals surface area contributed by atoms with E-state index < -0.39 is 0 Å². The standard InChI is InChI=1S/2C7H8N2/c2*1-3-7-6(2)8-4-5-9-7/h2*3-5H,1H2,2H3. The largest absolute Gasteiger partial charge is 0.258 e. The number of aromatic nitrogens is 4. The molecule has 0 aliphatic heterocycles. The van der Waals surface area contributed by atoms with Crippen LogP contribution in [0.5, 0.6) is 0 Å². The van der Waals surface area contributed by atoms with Gasteiger partial charge in [0.15, 0.2) is 0 Å². The first-order chi connectivity index (χ1) is 8.69. The topological polar surface area (TPSA) is 51.6 Å². The molecule has 18 heavy (non-hydrogen) atoms. The summed E-state index contributed by atoms with van der Waals surface area (Å²) in [6.07, 6.45) is 10.0. The van der Waals surface area contributed by atoms with Crippen LogP contribution in [0.1, 0.15) is 22.8 Å². The van der Waals surface area contributed by atoms with E-state index in [1.807, 2.05) is 13.8 Å². The van der Waals surface area contributed by atoms with E-state index in [-0.39, 0.29) is 0 Å². The van der Waals surface area contributed by atoms with Crippen molar-refractivity contribution >= 4 is 12.2 Å². The third kappa shape index (κ3) is 3.90. The molecule has 92 valence electrons. The van der Waals surface area contributed by atoms with Gasteiger partial charge in [-0.1, -0.05) is 13.2 Å². The molecule has 0 saturated heterocycles. The molecule has 2 rings (SSSR count). The smallest absolute Gasteiger partial charge is 0.0836 e.